The SMILES string of the molecule is Cc1c(C(=O)N[C@@H](CC2CC2)C(=O)O)sc2cccc(F)c12. The third kappa shape index (κ3) is 2.83. The van der Waals surface area contributed by atoms with Gasteiger partial charge < -0.3 is 10.4 Å². The van der Waals surface area contributed by atoms with E-state index in [-0.39, 0.29) is 5.82 Å². The van der Waals surface area contributed by atoms with Gasteiger partial charge >= 0.3 is 5.97 Å². The molecule has 0 radical (unpaired) electrons. The molecule has 2 aromatic rings. The zero-order valence-corrected chi connectivity index (χ0v) is 12.9. The molecule has 1 fully saturated rings. The van der Waals surface area contributed by atoms with E-state index >= 15 is 0 Å². The normalized spacial score (nSPS) is 15.7. The molecule has 0 spiro atoms. The Morgan fingerprint density at radius 1 is 1.45 bits per heavy atom. The minimum atomic E-state index is -1.02. The maximum Gasteiger partial charge on any atom is 0.326 e. The Morgan fingerprint density at radius 2 is 2.18 bits per heavy atom. The number of hydrogen-bond acceptors (Lipinski definition) is 3. The van der Waals surface area contributed by atoms with Crippen LogP contribution in [0.1, 0.15) is 34.5 Å². The summed E-state index contributed by atoms with van der Waals surface area (Å²) < 4.78 is 14.6. The molecule has 0 aliphatic heterocycles. The summed E-state index contributed by atoms with van der Waals surface area (Å²) in [6, 6.07) is 3.83. The Morgan fingerprint density at radius 3 is 2.77 bits per heavy atom. The number of nitrogens with one attached hydrogen (secondary N) is 1. The Hall–Kier alpha value is -1.95. The summed E-state index contributed by atoms with van der Waals surface area (Å²) in [6.45, 7) is 1.69. The number of carbonyl (C=O) groups excluding carboxylic acids is 1. The van der Waals surface area contributed by atoms with Gasteiger partial charge in [0.05, 0.1) is 4.88 Å². The number of thiophene rings is 1. The average Bonchev–Trinajstić information content (AvgIpc) is 3.21. The predicted octanol–water partition coefficient (Wildman–Crippen LogP) is 3.33. The van der Waals surface area contributed by atoms with Crippen LogP contribution in [0.4, 0.5) is 4.39 Å². The fraction of sp³-hybridized carbons (Fsp3) is 0.375. The molecule has 1 saturated carbocycles. The Kier molecular flexibility index (Phi) is 3.87. The maximum atomic E-state index is 13.9. The topological polar surface area (TPSA) is 66.4 Å². The lowest BCUT2D eigenvalue weighted by Gasteiger charge is -2.13. The van der Waals surface area contributed by atoms with Gasteiger partial charge in [-0.25, -0.2) is 9.18 Å². The molecule has 1 amide bonds. The van der Waals surface area contributed by atoms with Gasteiger partial charge in [0.15, 0.2) is 0 Å². The molecule has 1 heterocycles. The van der Waals surface area contributed by atoms with Crippen LogP contribution in [-0.4, -0.2) is 23.0 Å². The van der Waals surface area contributed by atoms with E-state index < -0.39 is 17.9 Å². The number of rotatable bonds is 5. The summed E-state index contributed by atoms with van der Waals surface area (Å²) in [5.74, 6) is -1.43. The molecular weight excluding hydrogens is 305 g/mol. The van der Waals surface area contributed by atoms with Gasteiger partial charge in [-0.05, 0) is 37.0 Å². The smallest absolute Gasteiger partial charge is 0.326 e. The number of carbonyl (C=O) groups is 2. The Bertz CT molecular complexity index is 751. The van der Waals surface area contributed by atoms with Crippen LogP contribution in [0.25, 0.3) is 10.1 Å². The number of carboxylic acid groups (broad SMARTS) is 1. The third-order valence-electron chi connectivity index (χ3n) is 3.98. The molecule has 3 rings (SSSR count). The third-order valence-corrected chi connectivity index (χ3v) is 5.23. The number of benzene rings is 1. The van der Waals surface area contributed by atoms with E-state index in [1.807, 2.05) is 0 Å². The van der Waals surface area contributed by atoms with Crippen molar-refractivity contribution >= 4 is 33.3 Å². The second-order valence-electron chi connectivity index (χ2n) is 5.71. The van der Waals surface area contributed by atoms with Gasteiger partial charge in [-0.3, -0.25) is 4.79 Å². The zero-order valence-electron chi connectivity index (χ0n) is 12.1. The summed E-state index contributed by atoms with van der Waals surface area (Å²) in [5.41, 5.74) is 0.561. The quantitative estimate of drug-likeness (QED) is 0.887. The first kappa shape index (κ1) is 15.0. The number of aryl methyl sites for hydroxylation is 1. The first-order valence-electron chi connectivity index (χ1n) is 7.18. The van der Waals surface area contributed by atoms with Crippen molar-refractivity contribution in [1.82, 2.24) is 5.32 Å². The van der Waals surface area contributed by atoms with Gasteiger partial charge in [-0.2, -0.15) is 0 Å². The molecule has 116 valence electrons. The average molecular weight is 321 g/mol. The number of fused-ring (bicyclic) bond motifs is 1. The Balaban J connectivity index is 1.86. The van der Waals surface area contributed by atoms with E-state index in [2.05, 4.69) is 5.32 Å². The van der Waals surface area contributed by atoms with Gasteiger partial charge in [-0.1, -0.05) is 18.9 Å². The molecule has 1 aliphatic carbocycles. The first-order valence-corrected chi connectivity index (χ1v) is 8.00. The molecule has 6 heteroatoms. The van der Waals surface area contributed by atoms with E-state index in [0.717, 1.165) is 12.8 Å². The van der Waals surface area contributed by atoms with Gasteiger partial charge in [-0.15, -0.1) is 11.3 Å². The van der Waals surface area contributed by atoms with Gasteiger partial charge in [0.25, 0.3) is 5.91 Å². The highest BCUT2D eigenvalue weighted by Gasteiger charge is 2.31. The fourth-order valence-corrected chi connectivity index (χ4v) is 3.73. The second kappa shape index (κ2) is 5.68. The van der Waals surface area contributed by atoms with E-state index in [4.69, 9.17) is 0 Å². The summed E-state index contributed by atoms with van der Waals surface area (Å²) in [7, 11) is 0. The monoisotopic (exact) mass is 321 g/mol. The predicted molar refractivity (Wildman–Crippen MR) is 82.8 cm³/mol. The number of halogens is 1. The molecule has 0 unspecified atom stereocenters. The summed E-state index contributed by atoms with van der Waals surface area (Å²) in [6.07, 6.45) is 2.50. The highest BCUT2D eigenvalue weighted by molar-refractivity contribution is 7.21. The van der Waals surface area contributed by atoms with Crippen molar-refractivity contribution < 1.29 is 19.1 Å². The molecular formula is C16H16FNO3S. The molecule has 1 aliphatic rings. The second-order valence-corrected chi connectivity index (χ2v) is 6.76. The Labute approximate surface area is 130 Å². The van der Waals surface area contributed by atoms with Crippen LogP contribution < -0.4 is 5.32 Å². The zero-order chi connectivity index (χ0) is 15.9. The lowest BCUT2D eigenvalue weighted by molar-refractivity contribution is -0.139. The summed E-state index contributed by atoms with van der Waals surface area (Å²) in [4.78, 5) is 24.0. The molecule has 2 N–H and O–H groups in total. The number of amides is 1. The first-order chi connectivity index (χ1) is 10.5. The van der Waals surface area contributed by atoms with Crippen LogP contribution >= 0.6 is 11.3 Å². The molecule has 4 nitrogen and oxygen atoms in total. The molecule has 0 bridgehead atoms. The van der Waals surface area contributed by atoms with Crippen LogP contribution in [0.5, 0.6) is 0 Å². The minimum Gasteiger partial charge on any atom is -0.480 e. The minimum absolute atomic E-state index is 0.363. The number of hydrogen-bond donors (Lipinski definition) is 2. The molecule has 1 aromatic carbocycles. The van der Waals surface area contributed by atoms with Gasteiger partial charge in [0.1, 0.15) is 11.9 Å². The summed E-state index contributed by atoms with van der Waals surface area (Å²) >= 11 is 1.19. The van der Waals surface area contributed by atoms with Crippen LogP contribution in [0, 0.1) is 18.7 Å². The molecule has 1 atom stereocenters. The van der Waals surface area contributed by atoms with Crippen molar-refractivity contribution in [2.45, 2.75) is 32.2 Å². The van der Waals surface area contributed by atoms with E-state index in [0.29, 0.717) is 32.9 Å². The maximum absolute atomic E-state index is 13.9. The van der Waals surface area contributed by atoms with Crippen molar-refractivity contribution in [3.8, 4) is 0 Å². The largest absolute Gasteiger partial charge is 0.480 e. The number of carboxylic acids is 1. The molecule has 22 heavy (non-hydrogen) atoms. The van der Waals surface area contributed by atoms with Crippen molar-refractivity contribution in [2.24, 2.45) is 5.92 Å². The van der Waals surface area contributed by atoms with Crippen molar-refractivity contribution in [1.29, 1.82) is 0 Å². The van der Waals surface area contributed by atoms with Crippen LogP contribution in [0.2, 0.25) is 0 Å². The molecule has 0 saturated heterocycles. The van der Waals surface area contributed by atoms with Crippen LogP contribution in [0.3, 0.4) is 0 Å². The van der Waals surface area contributed by atoms with Gasteiger partial charge in [0, 0.05) is 10.1 Å². The number of aliphatic carboxylic acids is 1. The highest BCUT2D eigenvalue weighted by atomic mass is 32.1. The van der Waals surface area contributed by atoms with Crippen molar-refractivity contribution in [2.75, 3.05) is 0 Å². The van der Waals surface area contributed by atoms with E-state index in [1.165, 1.54) is 17.4 Å². The van der Waals surface area contributed by atoms with Gasteiger partial charge in [0.2, 0.25) is 0 Å². The summed E-state index contributed by atoms with van der Waals surface area (Å²) in [5, 5.41) is 12.2. The fourth-order valence-electron chi connectivity index (χ4n) is 2.60. The standard InChI is InChI=1S/C16H16FNO3S/c1-8-13-10(17)3-2-4-12(13)22-14(8)15(19)18-11(16(20)21)7-9-5-6-9/h2-4,9,11H,5-7H2,1H3,(H,18,19)(H,20,21)/t11-/m0/s1. The van der Waals surface area contributed by atoms with Crippen LogP contribution in [-0.2, 0) is 4.79 Å². The van der Waals surface area contributed by atoms with E-state index in [9.17, 15) is 19.1 Å². The van der Waals surface area contributed by atoms with Crippen molar-refractivity contribution in [3.05, 3.63) is 34.5 Å². The van der Waals surface area contributed by atoms with E-state index in [1.54, 1.807) is 19.1 Å². The lowest BCUT2D eigenvalue weighted by atomic mass is 10.1. The lowest BCUT2D eigenvalue weighted by Crippen LogP contribution is -2.41. The van der Waals surface area contributed by atoms with Crippen molar-refractivity contribution in [3.63, 3.8) is 0 Å². The molecule has 1 aromatic heterocycles. The highest BCUT2D eigenvalue weighted by Crippen LogP contribution is 2.35. The van der Waals surface area contributed by atoms with Crippen LogP contribution in [0.15, 0.2) is 18.2 Å².